The molecule has 0 radical (unpaired) electrons. The first-order valence-electron chi connectivity index (χ1n) is 7.36. The number of ether oxygens (including phenoxy) is 1. The molecule has 0 spiro atoms. The molecule has 0 fully saturated rings. The molecule has 0 aliphatic heterocycles. The van der Waals surface area contributed by atoms with Gasteiger partial charge in [0.2, 0.25) is 0 Å². The number of aryl methyl sites for hydroxylation is 1. The maximum absolute atomic E-state index is 5.26. The Kier molecular flexibility index (Phi) is 5.34. The minimum absolute atomic E-state index is 0.499. The van der Waals surface area contributed by atoms with Crippen LogP contribution in [0.3, 0.4) is 0 Å². The van der Waals surface area contributed by atoms with Crippen LogP contribution in [0.15, 0.2) is 18.3 Å². The molecule has 1 aromatic rings. The first kappa shape index (κ1) is 14.5. The summed E-state index contributed by atoms with van der Waals surface area (Å²) >= 11 is 0. The molecule has 1 aromatic heterocycles. The number of aromatic nitrogens is 1. The number of nitrogens with one attached hydrogen (secondary N) is 1. The molecular weight excluding hydrogens is 236 g/mol. The van der Waals surface area contributed by atoms with Crippen molar-refractivity contribution in [2.45, 2.75) is 44.6 Å². The number of likely N-dealkylation sites (N-methyl/N-ethyl adjacent to an activating group) is 1. The van der Waals surface area contributed by atoms with Crippen molar-refractivity contribution in [3.8, 4) is 0 Å². The average molecular weight is 262 g/mol. The lowest BCUT2D eigenvalue weighted by molar-refractivity contribution is 0.146. The minimum atomic E-state index is 0.499. The molecular formula is C16H26N2O. The monoisotopic (exact) mass is 262 g/mol. The highest BCUT2D eigenvalue weighted by Gasteiger charge is 2.28. The van der Waals surface area contributed by atoms with Crippen molar-refractivity contribution in [1.82, 2.24) is 10.3 Å². The number of nitrogens with zero attached hydrogens (tertiary/aromatic N) is 1. The topological polar surface area (TPSA) is 34.1 Å². The maximum Gasteiger partial charge on any atom is 0.0488 e. The van der Waals surface area contributed by atoms with Crippen LogP contribution in [0.25, 0.3) is 0 Å². The van der Waals surface area contributed by atoms with Gasteiger partial charge >= 0.3 is 0 Å². The SMILES string of the molecule is CNC(CC(C)COC)C1CCCc2cccnc21. The van der Waals surface area contributed by atoms with Crippen LogP contribution < -0.4 is 5.32 Å². The van der Waals surface area contributed by atoms with Gasteiger partial charge in [-0.1, -0.05) is 13.0 Å². The molecule has 0 bridgehead atoms. The van der Waals surface area contributed by atoms with E-state index in [0.29, 0.717) is 17.9 Å². The maximum atomic E-state index is 5.26. The Bertz CT molecular complexity index is 394. The number of pyridine rings is 1. The summed E-state index contributed by atoms with van der Waals surface area (Å²) in [5.74, 6) is 1.13. The molecule has 2 rings (SSSR count). The van der Waals surface area contributed by atoms with Crippen molar-refractivity contribution in [1.29, 1.82) is 0 Å². The fourth-order valence-corrected chi connectivity index (χ4v) is 3.31. The molecule has 3 atom stereocenters. The van der Waals surface area contributed by atoms with Crippen LogP contribution in [-0.4, -0.2) is 31.8 Å². The van der Waals surface area contributed by atoms with E-state index in [2.05, 4.69) is 36.4 Å². The minimum Gasteiger partial charge on any atom is -0.384 e. The lowest BCUT2D eigenvalue weighted by Crippen LogP contribution is -2.36. The summed E-state index contributed by atoms with van der Waals surface area (Å²) in [6.45, 7) is 3.09. The Morgan fingerprint density at radius 3 is 3.11 bits per heavy atom. The second kappa shape index (κ2) is 7.01. The quantitative estimate of drug-likeness (QED) is 0.856. The summed E-state index contributed by atoms with van der Waals surface area (Å²) in [6, 6.07) is 4.79. The standard InChI is InChI=1S/C16H26N2O/c1-12(11-19-3)10-15(17-2)14-8-4-6-13-7-5-9-18-16(13)14/h5,7,9,12,14-15,17H,4,6,8,10-11H2,1-3H3. The van der Waals surface area contributed by atoms with Gasteiger partial charge in [-0.15, -0.1) is 0 Å². The highest BCUT2D eigenvalue weighted by atomic mass is 16.5. The zero-order valence-electron chi connectivity index (χ0n) is 12.4. The van der Waals surface area contributed by atoms with E-state index >= 15 is 0 Å². The predicted molar refractivity (Wildman–Crippen MR) is 78.4 cm³/mol. The first-order chi connectivity index (χ1) is 9.26. The summed E-state index contributed by atoms with van der Waals surface area (Å²) in [6.07, 6.45) is 6.78. The fraction of sp³-hybridized carbons (Fsp3) is 0.688. The molecule has 19 heavy (non-hydrogen) atoms. The van der Waals surface area contributed by atoms with E-state index in [9.17, 15) is 0 Å². The molecule has 0 aromatic carbocycles. The molecule has 3 nitrogen and oxygen atoms in total. The van der Waals surface area contributed by atoms with Crippen molar-refractivity contribution in [2.75, 3.05) is 20.8 Å². The van der Waals surface area contributed by atoms with E-state index in [0.717, 1.165) is 13.0 Å². The molecule has 1 aliphatic carbocycles. The van der Waals surface area contributed by atoms with Gasteiger partial charge in [-0.2, -0.15) is 0 Å². The van der Waals surface area contributed by atoms with Crippen LogP contribution in [0, 0.1) is 5.92 Å². The summed E-state index contributed by atoms with van der Waals surface area (Å²) < 4.78 is 5.26. The van der Waals surface area contributed by atoms with E-state index in [1.807, 2.05) is 6.20 Å². The number of hydrogen-bond donors (Lipinski definition) is 1. The first-order valence-corrected chi connectivity index (χ1v) is 7.36. The Hall–Kier alpha value is -0.930. The van der Waals surface area contributed by atoms with Crippen LogP contribution in [0.2, 0.25) is 0 Å². The van der Waals surface area contributed by atoms with E-state index in [1.165, 1.54) is 30.5 Å². The lowest BCUT2D eigenvalue weighted by atomic mass is 9.79. The lowest BCUT2D eigenvalue weighted by Gasteiger charge is -2.32. The van der Waals surface area contributed by atoms with Gasteiger partial charge in [-0.05, 0) is 50.3 Å². The Balaban J connectivity index is 2.11. The second-order valence-electron chi connectivity index (χ2n) is 5.74. The van der Waals surface area contributed by atoms with Gasteiger partial charge < -0.3 is 10.1 Å². The van der Waals surface area contributed by atoms with Crippen LogP contribution >= 0.6 is 0 Å². The van der Waals surface area contributed by atoms with Crippen LogP contribution in [-0.2, 0) is 11.2 Å². The highest BCUT2D eigenvalue weighted by Crippen LogP contribution is 2.34. The van der Waals surface area contributed by atoms with Crippen molar-refractivity contribution < 1.29 is 4.74 Å². The van der Waals surface area contributed by atoms with Crippen molar-refractivity contribution in [2.24, 2.45) is 5.92 Å². The third-order valence-electron chi connectivity index (χ3n) is 4.20. The van der Waals surface area contributed by atoms with Gasteiger partial charge in [-0.3, -0.25) is 4.98 Å². The average Bonchev–Trinajstić information content (AvgIpc) is 2.44. The summed E-state index contributed by atoms with van der Waals surface area (Å²) in [7, 11) is 3.85. The van der Waals surface area contributed by atoms with Crippen molar-refractivity contribution in [3.05, 3.63) is 29.6 Å². The Morgan fingerprint density at radius 1 is 1.53 bits per heavy atom. The van der Waals surface area contributed by atoms with Gasteiger partial charge in [0.05, 0.1) is 0 Å². The van der Waals surface area contributed by atoms with E-state index in [4.69, 9.17) is 4.74 Å². The second-order valence-corrected chi connectivity index (χ2v) is 5.74. The predicted octanol–water partition coefficient (Wildman–Crippen LogP) is 2.76. The van der Waals surface area contributed by atoms with E-state index in [-0.39, 0.29) is 0 Å². The molecule has 0 saturated heterocycles. The van der Waals surface area contributed by atoms with Gasteiger partial charge in [-0.25, -0.2) is 0 Å². The molecule has 1 aliphatic rings. The van der Waals surface area contributed by atoms with Gasteiger partial charge in [0.15, 0.2) is 0 Å². The van der Waals surface area contributed by atoms with Gasteiger partial charge in [0.1, 0.15) is 0 Å². The zero-order valence-corrected chi connectivity index (χ0v) is 12.4. The van der Waals surface area contributed by atoms with Crippen LogP contribution in [0.5, 0.6) is 0 Å². The summed E-state index contributed by atoms with van der Waals surface area (Å²) in [4.78, 5) is 4.65. The van der Waals surface area contributed by atoms with Gasteiger partial charge in [0.25, 0.3) is 0 Å². The van der Waals surface area contributed by atoms with E-state index < -0.39 is 0 Å². The Morgan fingerprint density at radius 2 is 2.37 bits per heavy atom. The molecule has 3 unspecified atom stereocenters. The molecule has 3 heteroatoms. The molecule has 106 valence electrons. The van der Waals surface area contributed by atoms with E-state index in [1.54, 1.807) is 7.11 Å². The van der Waals surface area contributed by atoms with Crippen LogP contribution in [0.4, 0.5) is 0 Å². The summed E-state index contributed by atoms with van der Waals surface area (Å²) in [5.41, 5.74) is 2.76. The number of methoxy groups -OCH3 is 1. The zero-order chi connectivity index (χ0) is 13.7. The smallest absolute Gasteiger partial charge is 0.0488 e. The third-order valence-corrected chi connectivity index (χ3v) is 4.20. The third kappa shape index (κ3) is 3.54. The molecule has 0 amide bonds. The van der Waals surface area contributed by atoms with Crippen molar-refractivity contribution >= 4 is 0 Å². The largest absolute Gasteiger partial charge is 0.384 e. The Labute approximate surface area is 116 Å². The fourth-order valence-electron chi connectivity index (χ4n) is 3.31. The number of fused-ring (bicyclic) bond motifs is 1. The molecule has 1 heterocycles. The number of hydrogen-bond acceptors (Lipinski definition) is 3. The molecule has 1 N–H and O–H groups in total. The highest BCUT2D eigenvalue weighted by molar-refractivity contribution is 5.27. The normalized spacial score (nSPS) is 21.7. The van der Waals surface area contributed by atoms with Crippen LogP contribution in [0.1, 0.15) is 43.4 Å². The van der Waals surface area contributed by atoms with Crippen molar-refractivity contribution in [3.63, 3.8) is 0 Å². The molecule has 0 saturated carbocycles. The van der Waals surface area contributed by atoms with Gasteiger partial charge in [0, 0.05) is 37.6 Å². The summed E-state index contributed by atoms with van der Waals surface area (Å²) in [5, 5.41) is 3.51. The number of rotatable bonds is 6.